The van der Waals surface area contributed by atoms with E-state index in [1.54, 1.807) is 127 Å². The minimum absolute atomic E-state index is 0.00637. The number of carboxylic acid groups (broad SMARTS) is 1. The van der Waals surface area contributed by atoms with Gasteiger partial charge in [-0.3, -0.25) is 19.6 Å². The molecule has 0 aliphatic carbocycles. The van der Waals surface area contributed by atoms with E-state index in [1.165, 1.54) is 7.11 Å². The summed E-state index contributed by atoms with van der Waals surface area (Å²) in [6, 6.07) is 27.9. The number of benzene rings is 4. The van der Waals surface area contributed by atoms with Crippen LogP contribution in [-0.2, 0) is 33.4 Å². The summed E-state index contributed by atoms with van der Waals surface area (Å²) >= 11 is 0. The number of hydrogen-bond donors (Lipinski definition) is 5. The van der Waals surface area contributed by atoms with E-state index in [-0.39, 0.29) is 31.5 Å². The number of nitrogens with one attached hydrogen (secondary N) is 4. The molecule has 362 valence electrons. The summed E-state index contributed by atoms with van der Waals surface area (Å²) in [5.41, 5.74) is 1.14. The van der Waals surface area contributed by atoms with Gasteiger partial charge < -0.3 is 50.1 Å². The Morgan fingerprint density at radius 1 is 0.551 bits per heavy atom. The van der Waals surface area contributed by atoms with Gasteiger partial charge in [-0.2, -0.15) is 0 Å². The molecule has 2 atom stereocenters. The zero-order chi connectivity index (χ0) is 50.1. The second-order valence-electron chi connectivity index (χ2n) is 17.4. The number of fused-ring (bicyclic) bond motifs is 2. The number of carboxylic acids is 1. The third-order valence-electron chi connectivity index (χ3n) is 9.66. The lowest BCUT2D eigenvalue weighted by molar-refractivity contribution is -0.143. The lowest BCUT2D eigenvalue weighted by Crippen LogP contribution is -2.37. The monoisotopic (exact) mass is 944 g/mol. The molecule has 0 aliphatic rings. The quantitative estimate of drug-likeness (QED) is 0.0457. The van der Waals surface area contributed by atoms with Gasteiger partial charge in [0.05, 0.1) is 18.9 Å². The van der Waals surface area contributed by atoms with Crippen molar-refractivity contribution >= 4 is 68.9 Å². The summed E-state index contributed by atoms with van der Waals surface area (Å²) in [7, 11) is 1.28. The van der Waals surface area contributed by atoms with Crippen molar-refractivity contribution in [3.05, 3.63) is 133 Å². The standard InChI is InChI=1S/C26H29N3O6.C25H27N3O6/c1-26(2,3)35-25(32)28-15-22(17-6-9-21(10-7-17)34-16-23(30)33-4)24(31)29-20-8-5-19-14-27-12-11-18(19)13-20;1-25(2,3)34-24(32)27-14-21(16-5-8-20(9-6-16)33-15-22(29)30)23(31)28-19-7-4-18-13-26-11-10-17(18)12-19/h5-14,22H,15-16H2,1-4H3,(H,28,32)(H,29,31);4-13,21H,14-15H2,1-3H3,(H,27,32)(H,28,31)(H,29,30). The molecule has 4 amide bonds. The van der Waals surface area contributed by atoms with E-state index < -0.39 is 53.8 Å². The van der Waals surface area contributed by atoms with E-state index in [9.17, 15) is 28.8 Å². The molecule has 0 fully saturated rings. The Labute approximate surface area is 399 Å². The average molecular weight is 945 g/mol. The summed E-state index contributed by atoms with van der Waals surface area (Å²) in [6.07, 6.45) is 5.60. The number of rotatable bonds is 16. The topological polar surface area (TPSA) is 243 Å². The fourth-order valence-corrected chi connectivity index (χ4v) is 6.44. The first kappa shape index (κ1) is 51.7. The maximum absolute atomic E-state index is 13.3. The van der Waals surface area contributed by atoms with Crippen molar-refractivity contribution in [3.63, 3.8) is 0 Å². The van der Waals surface area contributed by atoms with Crippen LogP contribution in [0.3, 0.4) is 0 Å². The van der Waals surface area contributed by atoms with E-state index in [0.717, 1.165) is 21.5 Å². The van der Waals surface area contributed by atoms with Crippen LogP contribution in [0.2, 0.25) is 0 Å². The molecule has 18 nitrogen and oxygen atoms in total. The highest BCUT2D eigenvalue weighted by atomic mass is 16.6. The van der Waals surface area contributed by atoms with E-state index in [4.69, 9.17) is 24.1 Å². The van der Waals surface area contributed by atoms with Crippen molar-refractivity contribution < 1.29 is 57.6 Å². The summed E-state index contributed by atoms with van der Waals surface area (Å²) in [6.45, 7) is 9.86. The van der Waals surface area contributed by atoms with Crippen LogP contribution in [0.25, 0.3) is 21.5 Å². The Bertz CT molecular complexity index is 2730. The van der Waals surface area contributed by atoms with Gasteiger partial charge in [0.15, 0.2) is 13.2 Å². The van der Waals surface area contributed by atoms with Gasteiger partial charge in [0.2, 0.25) is 11.8 Å². The van der Waals surface area contributed by atoms with Crippen molar-refractivity contribution in [1.29, 1.82) is 0 Å². The molecule has 2 heterocycles. The maximum atomic E-state index is 13.3. The number of methoxy groups -OCH3 is 1. The minimum Gasteiger partial charge on any atom is -0.482 e. The average Bonchev–Trinajstić information content (AvgIpc) is 3.30. The molecule has 0 saturated heterocycles. The molecular weight excluding hydrogens is 889 g/mol. The van der Waals surface area contributed by atoms with Crippen LogP contribution in [0.5, 0.6) is 11.5 Å². The largest absolute Gasteiger partial charge is 0.482 e. The van der Waals surface area contributed by atoms with E-state index in [1.807, 2.05) is 36.4 Å². The highest BCUT2D eigenvalue weighted by Gasteiger charge is 2.26. The summed E-state index contributed by atoms with van der Waals surface area (Å²) in [5, 5.41) is 23.7. The number of pyridine rings is 2. The molecule has 0 saturated carbocycles. The first-order valence-corrected chi connectivity index (χ1v) is 21.7. The second-order valence-corrected chi connectivity index (χ2v) is 17.4. The second kappa shape index (κ2) is 24.0. The van der Waals surface area contributed by atoms with Gasteiger partial charge >= 0.3 is 24.1 Å². The number of hydrogen-bond acceptors (Lipinski definition) is 13. The number of ether oxygens (including phenoxy) is 5. The molecule has 0 aliphatic heterocycles. The van der Waals surface area contributed by atoms with Gasteiger partial charge in [-0.25, -0.2) is 19.2 Å². The lowest BCUT2D eigenvalue weighted by atomic mass is 9.97. The molecular formula is C51H56N6O12. The van der Waals surface area contributed by atoms with Crippen LogP contribution in [0.15, 0.2) is 122 Å². The number of aliphatic carboxylic acids is 1. The molecule has 6 aromatic rings. The molecule has 2 unspecified atom stereocenters. The zero-order valence-electron chi connectivity index (χ0n) is 39.4. The van der Waals surface area contributed by atoms with Crippen molar-refractivity contribution in [2.45, 2.75) is 64.6 Å². The molecule has 0 radical (unpaired) electrons. The number of nitrogens with zero attached hydrogens (tertiary/aromatic N) is 2. The highest BCUT2D eigenvalue weighted by Crippen LogP contribution is 2.26. The summed E-state index contributed by atoms with van der Waals surface area (Å²) in [5.74, 6) is -2.89. The molecule has 0 bridgehead atoms. The number of aromatic nitrogens is 2. The third-order valence-corrected chi connectivity index (χ3v) is 9.66. The van der Waals surface area contributed by atoms with E-state index in [2.05, 4.69) is 36.0 Å². The zero-order valence-corrected chi connectivity index (χ0v) is 39.4. The number of esters is 1. The van der Waals surface area contributed by atoms with Crippen LogP contribution in [0.4, 0.5) is 21.0 Å². The van der Waals surface area contributed by atoms with Gasteiger partial charge in [0.25, 0.3) is 0 Å². The lowest BCUT2D eigenvalue weighted by Gasteiger charge is -2.22. The molecule has 4 aromatic carbocycles. The van der Waals surface area contributed by atoms with E-state index in [0.29, 0.717) is 34.0 Å². The number of amides is 4. The predicted octanol–water partition coefficient (Wildman–Crippen LogP) is 7.98. The van der Waals surface area contributed by atoms with E-state index >= 15 is 0 Å². The smallest absolute Gasteiger partial charge is 0.407 e. The fraction of sp³-hybridized carbons (Fsp3) is 0.294. The Kier molecular flexibility index (Phi) is 17.9. The van der Waals surface area contributed by atoms with Crippen LogP contribution in [-0.4, -0.2) is 95.6 Å². The Morgan fingerprint density at radius 2 is 0.957 bits per heavy atom. The molecule has 6 rings (SSSR count). The normalized spacial score (nSPS) is 11.9. The fourth-order valence-electron chi connectivity index (χ4n) is 6.44. The Morgan fingerprint density at radius 3 is 1.33 bits per heavy atom. The molecule has 69 heavy (non-hydrogen) atoms. The van der Waals surface area contributed by atoms with Crippen molar-refractivity contribution in [3.8, 4) is 11.5 Å². The SMILES string of the molecule is CC(C)(C)OC(=O)NCC(C(=O)Nc1ccc2cnccc2c1)c1ccc(OCC(=O)O)cc1.COC(=O)COc1ccc(C(CNC(=O)OC(C)(C)C)C(=O)Nc2ccc3cnccc3c2)cc1. The number of carbonyl (C=O) groups is 6. The summed E-state index contributed by atoms with van der Waals surface area (Å²) < 4.78 is 25.7. The van der Waals surface area contributed by atoms with Crippen LogP contribution >= 0.6 is 0 Å². The van der Waals surface area contributed by atoms with Crippen molar-refractivity contribution in [1.82, 2.24) is 20.6 Å². The van der Waals surface area contributed by atoms with Crippen LogP contribution in [0.1, 0.15) is 64.5 Å². The maximum Gasteiger partial charge on any atom is 0.407 e. The number of anilines is 2. The Hall–Kier alpha value is -8.28. The molecule has 5 N–H and O–H groups in total. The van der Waals surface area contributed by atoms with Crippen molar-refractivity contribution in [2.24, 2.45) is 0 Å². The molecule has 2 aromatic heterocycles. The van der Waals surface area contributed by atoms with Gasteiger partial charge in [-0.05, 0) is 124 Å². The highest BCUT2D eigenvalue weighted by molar-refractivity contribution is 5.99. The van der Waals surface area contributed by atoms with Crippen molar-refractivity contribution in [2.75, 3.05) is 44.0 Å². The Balaban J connectivity index is 0.000000258. The number of alkyl carbamates (subject to hydrolysis) is 2. The minimum atomic E-state index is -1.09. The summed E-state index contributed by atoms with van der Waals surface area (Å²) in [4.78, 5) is 81.1. The first-order chi connectivity index (χ1) is 32.7. The third kappa shape index (κ3) is 17.1. The molecule has 18 heteroatoms. The van der Waals surface area contributed by atoms with Crippen LogP contribution < -0.4 is 30.7 Å². The number of carbonyl (C=O) groups excluding carboxylic acids is 5. The molecule has 0 spiro atoms. The van der Waals surface area contributed by atoms with Gasteiger partial charge in [-0.1, -0.05) is 36.4 Å². The van der Waals surface area contributed by atoms with Gasteiger partial charge in [0, 0.05) is 60.0 Å². The van der Waals surface area contributed by atoms with Gasteiger partial charge in [0.1, 0.15) is 22.7 Å². The predicted molar refractivity (Wildman–Crippen MR) is 258 cm³/mol. The first-order valence-electron chi connectivity index (χ1n) is 21.7. The van der Waals surface area contributed by atoms with Gasteiger partial charge in [-0.15, -0.1) is 0 Å². The van der Waals surface area contributed by atoms with Crippen LogP contribution in [0, 0.1) is 0 Å².